The molecule has 0 aliphatic heterocycles. The van der Waals surface area contributed by atoms with Crippen molar-refractivity contribution < 1.29 is 5.11 Å². The van der Waals surface area contributed by atoms with Crippen molar-refractivity contribution in [1.82, 2.24) is 14.8 Å². The number of halogens is 2. The molecule has 0 aliphatic rings. The Morgan fingerprint density at radius 2 is 1.77 bits per heavy atom. The predicted molar refractivity (Wildman–Crippen MR) is 88.1 cm³/mol. The summed E-state index contributed by atoms with van der Waals surface area (Å²) in [6.07, 6.45) is 1.72. The fourth-order valence-electron chi connectivity index (χ4n) is 2.46. The molecule has 0 radical (unpaired) electrons. The van der Waals surface area contributed by atoms with Crippen LogP contribution in [0.2, 0.25) is 10.0 Å². The van der Waals surface area contributed by atoms with Gasteiger partial charge in [0.25, 0.3) is 0 Å². The van der Waals surface area contributed by atoms with Gasteiger partial charge in [0.1, 0.15) is 5.52 Å². The van der Waals surface area contributed by atoms with Crippen molar-refractivity contribution in [1.29, 1.82) is 0 Å². The molecule has 4 nitrogen and oxygen atoms in total. The fourth-order valence-corrected chi connectivity index (χ4v) is 2.75. The Morgan fingerprint density at radius 1 is 0.955 bits per heavy atom. The van der Waals surface area contributed by atoms with E-state index in [1.165, 1.54) is 4.68 Å². The maximum Gasteiger partial charge on any atom is 0.241 e. The predicted octanol–water partition coefficient (Wildman–Crippen LogP) is 4.59. The van der Waals surface area contributed by atoms with Crippen LogP contribution >= 0.6 is 23.2 Å². The van der Waals surface area contributed by atoms with Crippen molar-refractivity contribution in [3.05, 3.63) is 58.7 Å². The van der Waals surface area contributed by atoms with Gasteiger partial charge in [-0.15, -0.1) is 0 Å². The molecule has 2 heterocycles. The Labute approximate surface area is 135 Å². The lowest BCUT2D eigenvalue weighted by Crippen LogP contribution is -1.95. The van der Waals surface area contributed by atoms with Crippen LogP contribution < -0.4 is 0 Å². The molecule has 2 aromatic carbocycles. The third-order valence-electron chi connectivity index (χ3n) is 3.53. The van der Waals surface area contributed by atoms with Crippen molar-refractivity contribution in [3.8, 4) is 11.6 Å². The summed E-state index contributed by atoms with van der Waals surface area (Å²) < 4.78 is 1.41. The zero-order valence-corrected chi connectivity index (χ0v) is 12.7. The number of nitrogens with zero attached hydrogens (tertiary/aromatic N) is 3. The zero-order chi connectivity index (χ0) is 15.3. The van der Waals surface area contributed by atoms with Gasteiger partial charge in [0.05, 0.1) is 15.7 Å². The summed E-state index contributed by atoms with van der Waals surface area (Å²) in [5.41, 5.74) is 1.71. The van der Waals surface area contributed by atoms with E-state index in [4.69, 9.17) is 23.2 Å². The number of benzene rings is 2. The van der Waals surface area contributed by atoms with Crippen molar-refractivity contribution in [3.63, 3.8) is 0 Å². The lowest BCUT2D eigenvalue weighted by atomic mass is 10.1. The van der Waals surface area contributed by atoms with E-state index in [0.717, 1.165) is 10.8 Å². The zero-order valence-electron chi connectivity index (χ0n) is 11.2. The number of aromatic hydroxyl groups is 1. The molecule has 0 atom stereocenters. The first-order chi connectivity index (χ1) is 10.6. The van der Waals surface area contributed by atoms with E-state index in [1.54, 1.807) is 24.4 Å². The quantitative estimate of drug-likeness (QED) is 0.555. The van der Waals surface area contributed by atoms with Crippen LogP contribution in [0, 0.1) is 0 Å². The van der Waals surface area contributed by atoms with Crippen molar-refractivity contribution in [2.75, 3.05) is 0 Å². The number of rotatable bonds is 1. The van der Waals surface area contributed by atoms with Crippen molar-refractivity contribution >= 4 is 45.0 Å². The highest BCUT2D eigenvalue weighted by atomic mass is 35.5. The van der Waals surface area contributed by atoms with E-state index in [0.29, 0.717) is 26.8 Å². The van der Waals surface area contributed by atoms with E-state index < -0.39 is 0 Å². The van der Waals surface area contributed by atoms with Crippen LogP contribution in [-0.4, -0.2) is 19.9 Å². The highest BCUT2D eigenvalue weighted by Crippen LogP contribution is 2.32. The minimum atomic E-state index is -0.0286. The number of hydrogen-bond acceptors (Lipinski definition) is 3. The van der Waals surface area contributed by atoms with Gasteiger partial charge in [-0.3, -0.25) is 0 Å². The first-order valence-electron chi connectivity index (χ1n) is 6.56. The van der Waals surface area contributed by atoms with Gasteiger partial charge < -0.3 is 5.11 Å². The minimum absolute atomic E-state index is 0.0286. The van der Waals surface area contributed by atoms with Gasteiger partial charge in [-0.2, -0.15) is 9.78 Å². The minimum Gasteiger partial charge on any atom is -0.492 e. The van der Waals surface area contributed by atoms with E-state index in [2.05, 4.69) is 10.1 Å². The van der Waals surface area contributed by atoms with Gasteiger partial charge in [-0.1, -0.05) is 47.5 Å². The first-order valence-corrected chi connectivity index (χ1v) is 7.31. The van der Waals surface area contributed by atoms with Gasteiger partial charge in [0.2, 0.25) is 5.88 Å². The third kappa shape index (κ3) is 1.92. The van der Waals surface area contributed by atoms with E-state index in [9.17, 15) is 5.11 Å². The number of aromatic nitrogens is 3. The molecule has 0 fully saturated rings. The molecule has 0 saturated carbocycles. The molecule has 4 aromatic rings. The summed E-state index contributed by atoms with van der Waals surface area (Å²) in [7, 11) is 0. The average molecular weight is 330 g/mol. The maximum atomic E-state index is 10.4. The standard InChI is InChI=1S/C16H9Cl2N3O/c17-12-6-5-10(7-13(12)18)21-16(22)15-14(20-21)11-4-2-1-3-9(11)8-19-15/h1-8,22H. The number of pyridine rings is 1. The highest BCUT2D eigenvalue weighted by Gasteiger charge is 2.15. The molecular weight excluding hydrogens is 321 g/mol. The normalized spacial score (nSPS) is 11.4. The van der Waals surface area contributed by atoms with E-state index >= 15 is 0 Å². The summed E-state index contributed by atoms with van der Waals surface area (Å²) in [6, 6.07) is 12.8. The monoisotopic (exact) mass is 329 g/mol. The molecular formula is C16H9Cl2N3O. The van der Waals surface area contributed by atoms with Gasteiger partial charge >= 0.3 is 0 Å². The van der Waals surface area contributed by atoms with Gasteiger partial charge in [-0.25, -0.2) is 4.98 Å². The van der Waals surface area contributed by atoms with E-state index in [-0.39, 0.29) is 5.88 Å². The third-order valence-corrected chi connectivity index (χ3v) is 4.27. The molecule has 2 aromatic heterocycles. The summed E-state index contributed by atoms with van der Waals surface area (Å²) >= 11 is 12.0. The van der Waals surface area contributed by atoms with Crippen LogP contribution in [0.5, 0.6) is 5.88 Å². The fraction of sp³-hybridized carbons (Fsp3) is 0. The molecule has 4 rings (SSSR count). The largest absolute Gasteiger partial charge is 0.492 e. The Balaban J connectivity index is 2.04. The molecule has 0 bridgehead atoms. The smallest absolute Gasteiger partial charge is 0.241 e. The average Bonchev–Trinajstić information content (AvgIpc) is 2.88. The van der Waals surface area contributed by atoms with Gasteiger partial charge in [-0.05, 0) is 18.2 Å². The van der Waals surface area contributed by atoms with Crippen LogP contribution in [0.15, 0.2) is 48.7 Å². The van der Waals surface area contributed by atoms with Gasteiger partial charge in [0.15, 0.2) is 5.52 Å². The van der Waals surface area contributed by atoms with Crippen LogP contribution in [0.3, 0.4) is 0 Å². The lowest BCUT2D eigenvalue weighted by Gasteiger charge is -2.03. The molecule has 108 valence electrons. The molecule has 0 amide bonds. The molecule has 0 unspecified atom stereocenters. The maximum absolute atomic E-state index is 10.4. The molecule has 6 heteroatoms. The van der Waals surface area contributed by atoms with Crippen molar-refractivity contribution in [2.45, 2.75) is 0 Å². The second-order valence-corrected chi connectivity index (χ2v) is 5.69. The van der Waals surface area contributed by atoms with Crippen LogP contribution in [-0.2, 0) is 0 Å². The number of fused-ring (bicyclic) bond motifs is 3. The molecule has 1 N–H and O–H groups in total. The summed E-state index contributed by atoms with van der Waals surface area (Å²) in [5, 5.41) is 17.7. The molecule has 0 aliphatic carbocycles. The summed E-state index contributed by atoms with van der Waals surface area (Å²) in [5.74, 6) is -0.0286. The Morgan fingerprint density at radius 3 is 2.59 bits per heavy atom. The Hall–Kier alpha value is -2.30. The molecule has 22 heavy (non-hydrogen) atoms. The van der Waals surface area contributed by atoms with E-state index in [1.807, 2.05) is 24.3 Å². The van der Waals surface area contributed by atoms with Crippen LogP contribution in [0.1, 0.15) is 0 Å². The highest BCUT2D eigenvalue weighted by molar-refractivity contribution is 6.42. The van der Waals surface area contributed by atoms with Crippen molar-refractivity contribution in [2.24, 2.45) is 0 Å². The van der Waals surface area contributed by atoms with Crippen LogP contribution in [0.25, 0.3) is 27.5 Å². The Kier molecular flexibility index (Phi) is 2.96. The molecule has 0 saturated heterocycles. The summed E-state index contributed by atoms with van der Waals surface area (Å²) in [6.45, 7) is 0. The second-order valence-electron chi connectivity index (χ2n) is 4.88. The Bertz CT molecular complexity index is 1030. The lowest BCUT2D eigenvalue weighted by molar-refractivity contribution is 0.437. The topological polar surface area (TPSA) is 50.9 Å². The van der Waals surface area contributed by atoms with Gasteiger partial charge in [0, 0.05) is 17.0 Å². The number of hydrogen-bond donors (Lipinski definition) is 1. The second kappa shape index (κ2) is 4.87. The SMILES string of the molecule is Oc1c2ncc3ccccc3c2nn1-c1ccc(Cl)c(Cl)c1. The molecule has 0 spiro atoms. The summed E-state index contributed by atoms with van der Waals surface area (Å²) in [4.78, 5) is 4.30. The first kappa shape index (κ1) is 13.4. The van der Waals surface area contributed by atoms with Crippen LogP contribution in [0.4, 0.5) is 0 Å².